The van der Waals surface area contributed by atoms with Crippen LogP contribution in [-0.2, 0) is 20.7 Å². The summed E-state index contributed by atoms with van der Waals surface area (Å²) in [6, 6.07) is 11.0. The van der Waals surface area contributed by atoms with Gasteiger partial charge in [0.15, 0.2) is 0 Å². The average Bonchev–Trinajstić information content (AvgIpc) is 3.42. The topological polar surface area (TPSA) is 84.1 Å². The number of hydrogen-bond acceptors (Lipinski definition) is 4. The number of benzene rings is 1. The van der Waals surface area contributed by atoms with Crippen molar-refractivity contribution in [3.63, 3.8) is 0 Å². The number of carbonyl (C=O) groups excluding carboxylic acids is 2. The molecule has 1 aliphatic carbocycles. The van der Waals surface area contributed by atoms with Gasteiger partial charge in [0, 0.05) is 41.8 Å². The summed E-state index contributed by atoms with van der Waals surface area (Å²) in [5.74, 6) is -0.499. The second kappa shape index (κ2) is 7.23. The van der Waals surface area contributed by atoms with Crippen LogP contribution < -0.4 is 5.32 Å². The highest BCUT2D eigenvalue weighted by molar-refractivity contribution is 5.89. The van der Waals surface area contributed by atoms with Gasteiger partial charge in [-0.2, -0.15) is 0 Å². The average molecular weight is 363 g/mol. The summed E-state index contributed by atoms with van der Waals surface area (Å²) in [5.41, 5.74) is 3.03. The van der Waals surface area contributed by atoms with E-state index < -0.39 is 12.0 Å². The van der Waals surface area contributed by atoms with Crippen molar-refractivity contribution in [1.82, 2.24) is 15.3 Å². The molecular weight excluding hydrogens is 342 g/mol. The molecule has 6 nitrogen and oxygen atoms in total. The van der Waals surface area contributed by atoms with Crippen LogP contribution >= 0.6 is 0 Å². The molecule has 1 fully saturated rings. The van der Waals surface area contributed by atoms with Crippen LogP contribution in [0.2, 0.25) is 0 Å². The van der Waals surface area contributed by atoms with E-state index in [1.54, 1.807) is 12.4 Å². The molecule has 138 valence electrons. The molecule has 1 aliphatic rings. The van der Waals surface area contributed by atoms with Gasteiger partial charge in [-0.3, -0.25) is 9.78 Å². The van der Waals surface area contributed by atoms with E-state index >= 15 is 0 Å². The molecule has 0 aliphatic heterocycles. The molecule has 0 unspecified atom stereocenters. The molecule has 6 heteroatoms. The molecule has 2 aromatic heterocycles. The van der Waals surface area contributed by atoms with Gasteiger partial charge >= 0.3 is 5.97 Å². The normalized spacial score (nSPS) is 19.4. The maximum Gasteiger partial charge on any atom is 0.328 e. The fourth-order valence-electron chi connectivity index (χ4n) is 3.58. The summed E-state index contributed by atoms with van der Waals surface area (Å²) in [7, 11) is 1.34. The standard InChI is InChI=1S/C21H21N3O3/c1-27-21(26)19(9-14-12-23-18-7-3-2-6-15(14)18)24-20(25)17-10-16(17)13-5-4-8-22-11-13/h2-8,11-12,16-17,19,23H,9-10H2,1H3,(H,24,25)/t16-,17-,19+/m0/s1. The van der Waals surface area contributed by atoms with E-state index in [4.69, 9.17) is 4.74 Å². The van der Waals surface area contributed by atoms with E-state index in [0.717, 1.165) is 28.5 Å². The molecule has 0 spiro atoms. The Kier molecular flexibility index (Phi) is 4.62. The molecule has 2 N–H and O–H groups in total. The first kappa shape index (κ1) is 17.3. The highest BCUT2D eigenvalue weighted by Gasteiger charge is 2.45. The molecule has 27 heavy (non-hydrogen) atoms. The lowest BCUT2D eigenvalue weighted by Crippen LogP contribution is -2.43. The number of H-pyrrole nitrogens is 1. The molecule has 2 heterocycles. The Morgan fingerprint density at radius 2 is 2.15 bits per heavy atom. The predicted molar refractivity (Wildman–Crippen MR) is 101 cm³/mol. The molecule has 1 aromatic carbocycles. The Morgan fingerprint density at radius 1 is 1.30 bits per heavy atom. The van der Waals surface area contributed by atoms with Crippen LogP contribution in [0.1, 0.15) is 23.5 Å². The van der Waals surface area contributed by atoms with Crippen LogP contribution in [0.5, 0.6) is 0 Å². The number of nitrogens with one attached hydrogen (secondary N) is 2. The third-order valence-corrected chi connectivity index (χ3v) is 5.14. The van der Waals surface area contributed by atoms with Gasteiger partial charge in [0.05, 0.1) is 7.11 Å². The molecule has 3 aromatic rings. The molecule has 0 bridgehead atoms. The van der Waals surface area contributed by atoms with Crippen molar-refractivity contribution >= 4 is 22.8 Å². The molecule has 0 radical (unpaired) electrons. The van der Waals surface area contributed by atoms with Gasteiger partial charge in [0.2, 0.25) is 5.91 Å². The SMILES string of the molecule is COC(=O)[C@@H](Cc1c[nH]c2ccccc12)NC(=O)[C@H]1C[C@H]1c1cccnc1. The number of aromatic amines is 1. The predicted octanol–water partition coefficient (Wildman–Crippen LogP) is 2.57. The third kappa shape index (κ3) is 3.56. The summed E-state index contributed by atoms with van der Waals surface area (Å²) >= 11 is 0. The van der Waals surface area contributed by atoms with Gasteiger partial charge in [-0.15, -0.1) is 0 Å². The zero-order valence-corrected chi connectivity index (χ0v) is 15.0. The Bertz CT molecular complexity index is 967. The Balaban J connectivity index is 1.47. The highest BCUT2D eigenvalue weighted by Crippen LogP contribution is 2.47. The first-order valence-corrected chi connectivity index (χ1v) is 9.00. The second-order valence-electron chi connectivity index (χ2n) is 6.88. The monoisotopic (exact) mass is 363 g/mol. The zero-order valence-electron chi connectivity index (χ0n) is 15.0. The van der Waals surface area contributed by atoms with Crippen molar-refractivity contribution in [3.8, 4) is 0 Å². The van der Waals surface area contributed by atoms with Gasteiger partial charge in [0.25, 0.3) is 0 Å². The van der Waals surface area contributed by atoms with E-state index in [9.17, 15) is 9.59 Å². The van der Waals surface area contributed by atoms with Gasteiger partial charge in [-0.1, -0.05) is 24.3 Å². The van der Waals surface area contributed by atoms with Crippen LogP contribution in [-0.4, -0.2) is 35.0 Å². The van der Waals surface area contributed by atoms with Crippen molar-refractivity contribution in [2.75, 3.05) is 7.11 Å². The van der Waals surface area contributed by atoms with Crippen LogP contribution in [0.4, 0.5) is 0 Å². The number of pyridine rings is 1. The first-order chi connectivity index (χ1) is 13.2. The van der Waals surface area contributed by atoms with Crippen molar-refractivity contribution in [2.24, 2.45) is 5.92 Å². The molecule has 0 saturated heterocycles. The lowest BCUT2D eigenvalue weighted by molar-refractivity contribution is -0.145. The van der Waals surface area contributed by atoms with Gasteiger partial charge in [-0.25, -0.2) is 4.79 Å². The van der Waals surface area contributed by atoms with Crippen LogP contribution in [0.25, 0.3) is 10.9 Å². The van der Waals surface area contributed by atoms with Gasteiger partial charge < -0.3 is 15.0 Å². The quantitative estimate of drug-likeness (QED) is 0.659. The fraction of sp³-hybridized carbons (Fsp3) is 0.286. The van der Waals surface area contributed by atoms with Gasteiger partial charge in [0.1, 0.15) is 6.04 Å². The van der Waals surface area contributed by atoms with Gasteiger partial charge in [-0.05, 0) is 35.6 Å². The van der Waals surface area contributed by atoms with E-state index in [1.165, 1.54) is 7.11 Å². The van der Waals surface area contributed by atoms with Crippen LogP contribution in [0, 0.1) is 5.92 Å². The summed E-state index contributed by atoms with van der Waals surface area (Å²) < 4.78 is 4.91. The summed E-state index contributed by atoms with van der Waals surface area (Å²) in [6.07, 6.45) is 6.55. The van der Waals surface area contributed by atoms with E-state index in [1.807, 2.05) is 42.6 Å². The number of para-hydroxylation sites is 1. The second-order valence-corrected chi connectivity index (χ2v) is 6.88. The number of carbonyl (C=O) groups is 2. The number of rotatable bonds is 6. The molecule has 1 saturated carbocycles. The summed E-state index contributed by atoms with van der Waals surface area (Å²) in [6.45, 7) is 0. The minimum atomic E-state index is -0.711. The number of aromatic nitrogens is 2. The minimum Gasteiger partial charge on any atom is -0.467 e. The lowest BCUT2D eigenvalue weighted by atomic mass is 10.0. The number of methoxy groups -OCH3 is 1. The minimum absolute atomic E-state index is 0.112. The number of esters is 1. The molecular formula is C21H21N3O3. The van der Waals surface area contributed by atoms with E-state index in [2.05, 4.69) is 15.3 Å². The number of amides is 1. The maximum absolute atomic E-state index is 12.7. The smallest absolute Gasteiger partial charge is 0.328 e. The van der Waals surface area contributed by atoms with E-state index in [-0.39, 0.29) is 17.7 Å². The first-order valence-electron chi connectivity index (χ1n) is 9.00. The Labute approximate surface area is 156 Å². The third-order valence-electron chi connectivity index (χ3n) is 5.14. The van der Waals surface area contributed by atoms with Crippen molar-refractivity contribution in [2.45, 2.75) is 24.8 Å². The number of nitrogens with zero attached hydrogens (tertiary/aromatic N) is 1. The number of fused-ring (bicyclic) bond motifs is 1. The largest absolute Gasteiger partial charge is 0.467 e. The molecule has 4 rings (SSSR count). The van der Waals surface area contributed by atoms with Crippen LogP contribution in [0.3, 0.4) is 0 Å². The lowest BCUT2D eigenvalue weighted by Gasteiger charge is -2.16. The van der Waals surface area contributed by atoms with Crippen molar-refractivity contribution < 1.29 is 14.3 Å². The van der Waals surface area contributed by atoms with Crippen molar-refractivity contribution in [1.29, 1.82) is 0 Å². The Hall–Kier alpha value is -3.15. The molecule has 3 atom stereocenters. The number of ether oxygens (including phenoxy) is 1. The molecule has 1 amide bonds. The fourth-order valence-corrected chi connectivity index (χ4v) is 3.58. The highest BCUT2D eigenvalue weighted by atomic mass is 16.5. The zero-order chi connectivity index (χ0) is 18.8. The van der Waals surface area contributed by atoms with Crippen LogP contribution in [0.15, 0.2) is 55.0 Å². The number of hydrogen-bond donors (Lipinski definition) is 2. The van der Waals surface area contributed by atoms with Crippen molar-refractivity contribution in [3.05, 3.63) is 66.1 Å². The summed E-state index contributed by atoms with van der Waals surface area (Å²) in [4.78, 5) is 32.2. The summed E-state index contributed by atoms with van der Waals surface area (Å²) in [5, 5.41) is 3.93. The Morgan fingerprint density at radius 3 is 2.93 bits per heavy atom. The van der Waals surface area contributed by atoms with E-state index in [0.29, 0.717) is 6.42 Å². The maximum atomic E-state index is 12.7.